The summed E-state index contributed by atoms with van der Waals surface area (Å²) in [5.74, 6) is 0.754. The van der Waals surface area contributed by atoms with Gasteiger partial charge in [0.15, 0.2) is 0 Å². The van der Waals surface area contributed by atoms with E-state index in [1.165, 1.54) is 0 Å². The average Bonchev–Trinajstić information content (AvgIpc) is 2.03. The second-order valence-electron chi connectivity index (χ2n) is 2.84. The van der Waals surface area contributed by atoms with Gasteiger partial charge in [-0.1, -0.05) is 0 Å². The van der Waals surface area contributed by atoms with E-state index < -0.39 is 0 Å². The molecule has 0 aromatic carbocycles. The van der Waals surface area contributed by atoms with Gasteiger partial charge in [-0.25, -0.2) is 4.98 Å². The average molecular weight is 161 g/mol. The minimum Gasteiger partial charge on any atom is -0.368 e. The molecule has 62 valence electrons. The van der Waals surface area contributed by atoms with Crippen molar-refractivity contribution in [2.75, 3.05) is 5.32 Å². The van der Waals surface area contributed by atoms with Crippen molar-refractivity contribution in [3.05, 3.63) is 23.9 Å². The molecule has 0 aliphatic rings. The van der Waals surface area contributed by atoms with Gasteiger partial charge in [-0.2, -0.15) is 5.26 Å². The predicted octanol–water partition coefficient (Wildman–Crippen LogP) is 1.77. The number of nitriles is 1. The number of nitrogens with zero attached hydrogens (tertiary/aromatic N) is 2. The number of rotatable bonds is 2. The van der Waals surface area contributed by atoms with Crippen molar-refractivity contribution in [3.8, 4) is 6.07 Å². The van der Waals surface area contributed by atoms with Crippen molar-refractivity contribution in [1.29, 1.82) is 5.26 Å². The third kappa shape index (κ3) is 2.24. The Kier molecular flexibility index (Phi) is 2.65. The van der Waals surface area contributed by atoms with E-state index in [0.717, 1.165) is 5.82 Å². The highest BCUT2D eigenvalue weighted by molar-refractivity contribution is 5.42. The molecule has 0 aliphatic heterocycles. The van der Waals surface area contributed by atoms with Gasteiger partial charge in [0.2, 0.25) is 0 Å². The molecule has 0 saturated carbocycles. The van der Waals surface area contributed by atoms with Crippen molar-refractivity contribution >= 4 is 5.82 Å². The number of aromatic nitrogens is 1. The van der Waals surface area contributed by atoms with Crippen LogP contribution < -0.4 is 5.32 Å². The second-order valence-corrected chi connectivity index (χ2v) is 2.84. The highest BCUT2D eigenvalue weighted by Gasteiger charge is 1.96. The zero-order chi connectivity index (χ0) is 8.97. The predicted molar refractivity (Wildman–Crippen MR) is 47.7 cm³/mol. The molecule has 1 heterocycles. The Labute approximate surface area is 72.1 Å². The highest BCUT2D eigenvalue weighted by atomic mass is 15.0. The topological polar surface area (TPSA) is 48.7 Å². The first-order valence-electron chi connectivity index (χ1n) is 3.85. The fourth-order valence-corrected chi connectivity index (χ4v) is 0.875. The maximum Gasteiger partial charge on any atom is 0.127 e. The van der Waals surface area contributed by atoms with E-state index >= 15 is 0 Å². The Morgan fingerprint density at radius 1 is 1.58 bits per heavy atom. The Morgan fingerprint density at radius 3 is 2.92 bits per heavy atom. The van der Waals surface area contributed by atoms with Gasteiger partial charge in [0.05, 0.1) is 11.6 Å². The fraction of sp³-hybridized carbons (Fsp3) is 0.333. The van der Waals surface area contributed by atoms with E-state index in [4.69, 9.17) is 5.26 Å². The number of anilines is 1. The van der Waals surface area contributed by atoms with Crippen LogP contribution in [-0.4, -0.2) is 11.0 Å². The second kappa shape index (κ2) is 3.72. The quantitative estimate of drug-likeness (QED) is 0.719. The summed E-state index contributed by atoms with van der Waals surface area (Å²) >= 11 is 0. The van der Waals surface area contributed by atoms with Crippen molar-refractivity contribution in [2.24, 2.45) is 0 Å². The number of pyridine rings is 1. The molecule has 0 bridgehead atoms. The summed E-state index contributed by atoms with van der Waals surface area (Å²) in [6.07, 6.45) is 1.63. The molecule has 0 aliphatic carbocycles. The summed E-state index contributed by atoms with van der Waals surface area (Å²) in [6.45, 7) is 4.06. The first kappa shape index (κ1) is 8.54. The van der Waals surface area contributed by atoms with Crippen LogP contribution in [0.4, 0.5) is 5.82 Å². The lowest BCUT2D eigenvalue weighted by atomic mass is 10.3. The molecule has 1 aromatic rings. The largest absolute Gasteiger partial charge is 0.368 e. The SMILES string of the molecule is CC(C)Nc1cc(C#N)ccn1. The Morgan fingerprint density at radius 2 is 2.33 bits per heavy atom. The molecule has 12 heavy (non-hydrogen) atoms. The van der Waals surface area contributed by atoms with Gasteiger partial charge < -0.3 is 5.32 Å². The van der Waals surface area contributed by atoms with Crippen molar-refractivity contribution in [3.63, 3.8) is 0 Å². The van der Waals surface area contributed by atoms with E-state index in [-0.39, 0.29) is 0 Å². The molecular formula is C9H11N3. The van der Waals surface area contributed by atoms with Crippen LogP contribution in [-0.2, 0) is 0 Å². The zero-order valence-corrected chi connectivity index (χ0v) is 7.20. The minimum absolute atomic E-state index is 0.339. The standard InChI is InChI=1S/C9H11N3/c1-7(2)12-9-5-8(6-10)3-4-11-9/h3-5,7H,1-2H3,(H,11,12). The lowest BCUT2D eigenvalue weighted by molar-refractivity contribution is 0.889. The van der Waals surface area contributed by atoms with Crippen LogP contribution >= 0.6 is 0 Å². The summed E-state index contributed by atoms with van der Waals surface area (Å²) in [6, 6.07) is 5.82. The summed E-state index contributed by atoms with van der Waals surface area (Å²) in [4.78, 5) is 4.07. The van der Waals surface area contributed by atoms with Crippen molar-refractivity contribution in [2.45, 2.75) is 19.9 Å². The van der Waals surface area contributed by atoms with E-state index in [2.05, 4.69) is 16.4 Å². The normalized spacial score (nSPS) is 9.50. The van der Waals surface area contributed by atoms with Gasteiger partial charge in [-0.15, -0.1) is 0 Å². The fourth-order valence-electron chi connectivity index (χ4n) is 0.875. The first-order valence-corrected chi connectivity index (χ1v) is 3.85. The monoisotopic (exact) mass is 161 g/mol. The first-order chi connectivity index (χ1) is 5.72. The third-order valence-electron chi connectivity index (χ3n) is 1.33. The van der Waals surface area contributed by atoms with Gasteiger partial charge in [0, 0.05) is 12.2 Å². The Hall–Kier alpha value is -1.56. The lowest BCUT2D eigenvalue weighted by Crippen LogP contribution is -2.10. The van der Waals surface area contributed by atoms with E-state index in [1.54, 1.807) is 18.3 Å². The molecule has 1 aromatic heterocycles. The molecule has 1 N–H and O–H groups in total. The molecule has 0 fully saturated rings. The smallest absolute Gasteiger partial charge is 0.127 e. The molecule has 0 unspecified atom stereocenters. The van der Waals surface area contributed by atoms with E-state index in [9.17, 15) is 0 Å². The molecule has 3 nitrogen and oxygen atoms in total. The van der Waals surface area contributed by atoms with Crippen LogP contribution in [0.25, 0.3) is 0 Å². The van der Waals surface area contributed by atoms with Gasteiger partial charge in [0.25, 0.3) is 0 Å². The van der Waals surface area contributed by atoms with Gasteiger partial charge in [0.1, 0.15) is 5.82 Å². The summed E-state index contributed by atoms with van der Waals surface area (Å²) in [5, 5.41) is 11.7. The van der Waals surface area contributed by atoms with Crippen LogP contribution in [0.2, 0.25) is 0 Å². The Bertz CT molecular complexity index is 299. The summed E-state index contributed by atoms with van der Waals surface area (Å²) < 4.78 is 0. The molecule has 3 heteroatoms. The maximum atomic E-state index is 8.59. The zero-order valence-electron chi connectivity index (χ0n) is 7.20. The van der Waals surface area contributed by atoms with E-state index in [1.807, 2.05) is 13.8 Å². The Balaban J connectivity index is 2.81. The number of nitrogens with one attached hydrogen (secondary N) is 1. The molecular weight excluding hydrogens is 150 g/mol. The van der Waals surface area contributed by atoms with Crippen LogP contribution in [0, 0.1) is 11.3 Å². The van der Waals surface area contributed by atoms with Gasteiger partial charge in [-0.05, 0) is 26.0 Å². The molecule has 0 atom stereocenters. The van der Waals surface area contributed by atoms with Gasteiger partial charge >= 0.3 is 0 Å². The van der Waals surface area contributed by atoms with Crippen molar-refractivity contribution < 1.29 is 0 Å². The van der Waals surface area contributed by atoms with Crippen LogP contribution in [0.15, 0.2) is 18.3 Å². The lowest BCUT2D eigenvalue weighted by Gasteiger charge is -2.07. The highest BCUT2D eigenvalue weighted by Crippen LogP contribution is 2.06. The minimum atomic E-state index is 0.339. The number of hydrogen-bond donors (Lipinski definition) is 1. The molecule has 0 radical (unpaired) electrons. The van der Waals surface area contributed by atoms with E-state index in [0.29, 0.717) is 11.6 Å². The maximum absolute atomic E-state index is 8.59. The van der Waals surface area contributed by atoms with Gasteiger partial charge in [-0.3, -0.25) is 0 Å². The summed E-state index contributed by atoms with van der Waals surface area (Å²) in [5.41, 5.74) is 0.633. The number of hydrogen-bond acceptors (Lipinski definition) is 3. The van der Waals surface area contributed by atoms with Crippen LogP contribution in [0.5, 0.6) is 0 Å². The molecule has 1 rings (SSSR count). The molecule has 0 saturated heterocycles. The van der Waals surface area contributed by atoms with Crippen LogP contribution in [0.1, 0.15) is 19.4 Å². The van der Waals surface area contributed by atoms with Crippen molar-refractivity contribution in [1.82, 2.24) is 4.98 Å². The molecule has 0 amide bonds. The molecule has 0 spiro atoms. The third-order valence-corrected chi connectivity index (χ3v) is 1.33. The van der Waals surface area contributed by atoms with Crippen LogP contribution in [0.3, 0.4) is 0 Å². The summed E-state index contributed by atoms with van der Waals surface area (Å²) in [7, 11) is 0.